The van der Waals surface area contributed by atoms with Crippen molar-refractivity contribution < 1.29 is 17.9 Å². The second-order valence-corrected chi connectivity index (χ2v) is 11.2. The van der Waals surface area contributed by atoms with Crippen LogP contribution in [0.25, 0.3) is 0 Å². The maximum Gasteiger partial charge on any atom is 0.254 e. The molecule has 1 fully saturated rings. The van der Waals surface area contributed by atoms with Gasteiger partial charge in [0.05, 0.1) is 30.6 Å². The zero-order chi connectivity index (χ0) is 22.1. The number of fused-ring (bicyclic) bond motifs is 1. The van der Waals surface area contributed by atoms with E-state index < -0.39 is 10.0 Å². The molecule has 1 aromatic heterocycles. The average molecular weight is 441 g/mol. The van der Waals surface area contributed by atoms with Gasteiger partial charge in [0.15, 0.2) is 0 Å². The van der Waals surface area contributed by atoms with Gasteiger partial charge in [0.25, 0.3) is 5.56 Å². The summed E-state index contributed by atoms with van der Waals surface area (Å²) < 4.78 is 40.3. The summed E-state index contributed by atoms with van der Waals surface area (Å²) in [6, 6.07) is 3.12. The van der Waals surface area contributed by atoms with Crippen LogP contribution in [0.5, 0.6) is 0 Å². The fourth-order valence-electron chi connectivity index (χ4n) is 4.87. The molecule has 3 rings (SSSR count). The lowest BCUT2D eigenvalue weighted by molar-refractivity contribution is -0.0675. The van der Waals surface area contributed by atoms with Gasteiger partial charge in [-0.15, -0.1) is 0 Å². The van der Waals surface area contributed by atoms with E-state index in [4.69, 9.17) is 9.47 Å². The average Bonchev–Trinajstić information content (AvgIpc) is 2.69. The van der Waals surface area contributed by atoms with Crippen LogP contribution in [-0.4, -0.2) is 50.7 Å². The van der Waals surface area contributed by atoms with E-state index in [0.29, 0.717) is 30.9 Å². The van der Waals surface area contributed by atoms with Crippen molar-refractivity contribution in [2.24, 2.45) is 5.92 Å². The third-order valence-corrected chi connectivity index (χ3v) is 7.68. The first-order valence-electron chi connectivity index (χ1n) is 10.9. The lowest BCUT2D eigenvalue weighted by atomic mass is 9.77. The minimum absolute atomic E-state index is 0.0633. The molecule has 7 nitrogen and oxygen atoms in total. The SMILES string of the molecule is COC(C)(C)C1CCC(OCC2C(NS(C)(=O)=O)CCc3ccc(C)c(=O)n32)CC1. The Hall–Kier alpha value is -1.22. The summed E-state index contributed by atoms with van der Waals surface area (Å²) >= 11 is 0. The molecule has 0 amide bonds. The number of rotatable bonds is 7. The molecule has 2 atom stereocenters. The van der Waals surface area contributed by atoms with Crippen LogP contribution in [0.3, 0.4) is 0 Å². The van der Waals surface area contributed by atoms with E-state index in [9.17, 15) is 13.2 Å². The maximum absolute atomic E-state index is 12.9. The molecule has 1 aromatic rings. The van der Waals surface area contributed by atoms with Gasteiger partial charge in [-0.3, -0.25) is 4.79 Å². The molecular formula is C22H36N2O5S. The Bertz CT molecular complexity index is 901. The Morgan fingerprint density at radius 2 is 1.83 bits per heavy atom. The highest BCUT2D eigenvalue weighted by Crippen LogP contribution is 2.36. The summed E-state index contributed by atoms with van der Waals surface area (Å²) in [4.78, 5) is 12.9. The molecule has 170 valence electrons. The summed E-state index contributed by atoms with van der Waals surface area (Å²) in [5, 5.41) is 0. The van der Waals surface area contributed by atoms with E-state index in [1.807, 2.05) is 12.1 Å². The summed E-state index contributed by atoms with van der Waals surface area (Å²) in [5.74, 6) is 0.502. The maximum atomic E-state index is 12.9. The highest BCUT2D eigenvalue weighted by molar-refractivity contribution is 7.88. The lowest BCUT2D eigenvalue weighted by Crippen LogP contribution is -2.49. The molecule has 0 bridgehead atoms. The van der Waals surface area contributed by atoms with Crippen LogP contribution < -0.4 is 10.3 Å². The Labute approximate surface area is 180 Å². The topological polar surface area (TPSA) is 86.6 Å². The Kier molecular flexibility index (Phi) is 7.11. The number of pyridine rings is 1. The van der Waals surface area contributed by atoms with E-state index in [2.05, 4.69) is 18.6 Å². The van der Waals surface area contributed by atoms with Crippen LogP contribution in [0.15, 0.2) is 16.9 Å². The van der Waals surface area contributed by atoms with Gasteiger partial charge in [0.2, 0.25) is 10.0 Å². The Morgan fingerprint density at radius 1 is 1.17 bits per heavy atom. The van der Waals surface area contributed by atoms with Gasteiger partial charge >= 0.3 is 0 Å². The standard InChI is InChI=1S/C22H36N2O5S/c1-15-6-9-17-10-13-19(23-30(5,26)27)20(24(17)21(15)25)14-29-18-11-7-16(8-12-18)22(2,3)28-4/h6,9,16,18-20,23H,7-8,10-14H2,1-5H3. The van der Waals surface area contributed by atoms with Gasteiger partial charge in [-0.2, -0.15) is 0 Å². The molecule has 1 aliphatic heterocycles. The molecule has 1 aliphatic carbocycles. The third-order valence-electron chi connectivity index (χ3n) is 6.95. The first kappa shape index (κ1) is 23.4. The molecule has 2 aliphatic rings. The second kappa shape index (κ2) is 9.10. The number of hydrogen-bond donors (Lipinski definition) is 1. The van der Waals surface area contributed by atoms with Crippen molar-refractivity contribution in [2.45, 2.75) is 83.1 Å². The fourth-order valence-corrected chi connectivity index (χ4v) is 5.69. The van der Waals surface area contributed by atoms with Gasteiger partial charge in [-0.1, -0.05) is 6.07 Å². The van der Waals surface area contributed by atoms with Crippen LogP contribution in [-0.2, 0) is 25.9 Å². The molecule has 8 heteroatoms. The van der Waals surface area contributed by atoms with Crippen LogP contribution in [0.1, 0.15) is 63.3 Å². The number of sulfonamides is 1. The largest absolute Gasteiger partial charge is 0.379 e. The van der Waals surface area contributed by atoms with Crippen molar-refractivity contribution >= 4 is 10.0 Å². The minimum Gasteiger partial charge on any atom is -0.379 e. The van der Waals surface area contributed by atoms with Crippen molar-refractivity contribution in [3.05, 3.63) is 33.7 Å². The molecule has 0 saturated heterocycles. The highest BCUT2D eigenvalue weighted by Gasteiger charge is 2.36. The Morgan fingerprint density at radius 3 is 2.43 bits per heavy atom. The van der Waals surface area contributed by atoms with Crippen LogP contribution in [0.4, 0.5) is 0 Å². The molecular weight excluding hydrogens is 404 g/mol. The number of nitrogens with zero attached hydrogens (tertiary/aromatic N) is 1. The molecule has 1 saturated carbocycles. The highest BCUT2D eigenvalue weighted by atomic mass is 32.2. The Balaban J connectivity index is 1.74. The molecule has 30 heavy (non-hydrogen) atoms. The van der Waals surface area contributed by atoms with Crippen molar-refractivity contribution in [1.29, 1.82) is 0 Å². The van der Waals surface area contributed by atoms with Crippen molar-refractivity contribution in [3.63, 3.8) is 0 Å². The van der Waals surface area contributed by atoms with Crippen molar-refractivity contribution in [2.75, 3.05) is 20.0 Å². The number of hydrogen-bond acceptors (Lipinski definition) is 5. The quantitative estimate of drug-likeness (QED) is 0.704. The lowest BCUT2D eigenvalue weighted by Gasteiger charge is -2.39. The first-order chi connectivity index (χ1) is 14.0. The van der Waals surface area contributed by atoms with Crippen LogP contribution in [0.2, 0.25) is 0 Å². The number of aromatic nitrogens is 1. The van der Waals surface area contributed by atoms with E-state index >= 15 is 0 Å². The number of ether oxygens (including phenoxy) is 2. The fraction of sp³-hybridized carbons (Fsp3) is 0.773. The van der Waals surface area contributed by atoms with Gasteiger partial charge in [-0.05, 0) is 71.3 Å². The second-order valence-electron chi connectivity index (χ2n) is 9.40. The van der Waals surface area contributed by atoms with Crippen LogP contribution in [0, 0.1) is 12.8 Å². The van der Waals surface area contributed by atoms with Gasteiger partial charge < -0.3 is 14.0 Å². The van der Waals surface area contributed by atoms with Gasteiger partial charge in [0.1, 0.15) is 0 Å². The molecule has 0 radical (unpaired) electrons. The van der Waals surface area contributed by atoms with E-state index in [0.717, 1.165) is 37.6 Å². The zero-order valence-electron chi connectivity index (χ0n) is 18.8. The summed E-state index contributed by atoms with van der Waals surface area (Å²) in [6.45, 7) is 6.38. The van der Waals surface area contributed by atoms with Crippen LogP contribution >= 0.6 is 0 Å². The monoisotopic (exact) mass is 440 g/mol. The molecule has 1 N–H and O–H groups in total. The summed E-state index contributed by atoms with van der Waals surface area (Å²) in [7, 11) is -1.63. The normalized spacial score (nSPS) is 27.6. The van der Waals surface area contributed by atoms with E-state index in [-0.39, 0.29) is 29.3 Å². The minimum atomic E-state index is -3.39. The number of nitrogens with one attached hydrogen (secondary N) is 1. The van der Waals surface area contributed by atoms with Crippen molar-refractivity contribution in [3.8, 4) is 0 Å². The predicted molar refractivity (Wildman–Crippen MR) is 117 cm³/mol. The van der Waals surface area contributed by atoms with Gasteiger partial charge in [0, 0.05) is 24.4 Å². The third kappa shape index (κ3) is 5.33. The van der Waals surface area contributed by atoms with Crippen molar-refractivity contribution in [1.82, 2.24) is 9.29 Å². The van der Waals surface area contributed by atoms with Gasteiger partial charge in [-0.25, -0.2) is 13.1 Å². The first-order valence-corrected chi connectivity index (χ1v) is 12.8. The summed E-state index contributed by atoms with van der Waals surface area (Å²) in [6.07, 6.45) is 6.58. The van der Waals surface area contributed by atoms with E-state index in [1.54, 1.807) is 18.6 Å². The van der Waals surface area contributed by atoms with E-state index in [1.165, 1.54) is 0 Å². The summed E-state index contributed by atoms with van der Waals surface area (Å²) in [5.41, 5.74) is 1.40. The molecule has 2 heterocycles. The number of aryl methyl sites for hydroxylation is 2. The zero-order valence-corrected chi connectivity index (χ0v) is 19.6. The smallest absolute Gasteiger partial charge is 0.254 e. The number of methoxy groups -OCH3 is 1. The molecule has 0 spiro atoms. The predicted octanol–water partition coefficient (Wildman–Crippen LogP) is 2.56. The molecule has 2 unspecified atom stereocenters. The molecule has 0 aromatic carbocycles.